The summed E-state index contributed by atoms with van der Waals surface area (Å²) in [6.07, 6.45) is 0. The lowest BCUT2D eigenvalue weighted by Crippen LogP contribution is -2.00. The minimum Gasteiger partial charge on any atom is -0.384 e. The van der Waals surface area contributed by atoms with E-state index in [-0.39, 0.29) is 43.9 Å². The first-order valence-corrected chi connectivity index (χ1v) is 7.30. The van der Waals surface area contributed by atoms with Gasteiger partial charge in [0.2, 0.25) is 6.79 Å². The molecule has 0 bridgehead atoms. The van der Waals surface area contributed by atoms with Crippen LogP contribution in [0.15, 0.2) is 30.3 Å². The Kier molecular flexibility index (Phi) is 43.2. The molecule has 0 radical (unpaired) electrons. The van der Waals surface area contributed by atoms with Crippen LogP contribution in [0.1, 0.15) is 55.5 Å². The molecule has 1 aromatic carbocycles. The smallest absolute Gasteiger partial charge is 0.384 e. The summed E-state index contributed by atoms with van der Waals surface area (Å²) >= 11 is 0. The molecule has 0 amide bonds. The maximum Gasteiger partial charge on any atom is 0.507 e. The van der Waals surface area contributed by atoms with E-state index in [2.05, 4.69) is 40.4 Å². The van der Waals surface area contributed by atoms with Gasteiger partial charge in [0.1, 0.15) is 0 Å². The van der Waals surface area contributed by atoms with E-state index >= 15 is 0 Å². The molecule has 2 unspecified atom stereocenters. The van der Waals surface area contributed by atoms with E-state index < -0.39 is 8.03 Å². The van der Waals surface area contributed by atoms with Crippen LogP contribution >= 0.6 is 8.03 Å². The Hall–Kier alpha value is -0.800. The van der Waals surface area contributed by atoms with Crippen LogP contribution in [-0.4, -0.2) is 34.3 Å². The lowest BCUT2D eigenvalue weighted by molar-refractivity contribution is 0.0580. The van der Waals surface area contributed by atoms with E-state index in [0.29, 0.717) is 5.92 Å². The van der Waals surface area contributed by atoms with Crippen LogP contribution in [0.3, 0.4) is 0 Å². The summed E-state index contributed by atoms with van der Waals surface area (Å²) in [5.74, 6) is 0.501. The summed E-state index contributed by atoms with van der Waals surface area (Å²) in [6.45, 7) is 4.56. The second-order valence-electron chi connectivity index (χ2n) is 3.74. The zero-order valence-electron chi connectivity index (χ0n) is 11.5. The normalized spacial score (nSPS) is 9.65. The van der Waals surface area contributed by atoms with Crippen molar-refractivity contribution in [2.75, 3.05) is 34.3 Å². The maximum atomic E-state index is 10.0. The Morgan fingerprint density at radius 2 is 1.43 bits per heavy atom. The van der Waals surface area contributed by atoms with Gasteiger partial charge in [-0.3, -0.25) is 0 Å². The molecule has 0 spiro atoms. The fourth-order valence-electron chi connectivity index (χ4n) is 1.25. The first kappa shape index (κ1) is 38.0. The zero-order chi connectivity index (χ0) is 13.8. The summed E-state index contributed by atoms with van der Waals surface area (Å²) in [5.41, 5.74) is 1.34. The van der Waals surface area contributed by atoms with E-state index in [1.54, 1.807) is 7.11 Å². The Labute approximate surface area is 147 Å². The lowest BCUT2D eigenvalue weighted by atomic mass is 10.0. The SMILES string of the molecule is C.C.C.C.C.COCC(C)c1ccccc1.COCO[P+](C)=O. The number of hydrogen-bond acceptors (Lipinski definition) is 4. The van der Waals surface area contributed by atoms with Crippen LogP contribution in [0.2, 0.25) is 0 Å². The first-order valence-electron chi connectivity index (χ1n) is 5.68. The number of benzene rings is 1. The Morgan fingerprint density at radius 3 is 1.74 bits per heavy atom. The second kappa shape index (κ2) is 26.1. The third-order valence-electron chi connectivity index (χ3n) is 2.14. The molecule has 5 heteroatoms. The van der Waals surface area contributed by atoms with E-state index in [0.717, 1.165) is 6.61 Å². The highest BCUT2D eigenvalue weighted by Gasteiger charge is 2.03. The van der Waals surface area contributed by atoms with Crippen LogP contribution in [0.4, 0.5) is 0 Å². The third-order valence-corrected chi connectivity index (χ3v) is 2.61. The van der Waals surface area contributed by atoms with Crippen molar-refractivity contribution in [3.05, 3.63) is 35.9 Å². The van der Waals surface area contributed by atoms with Gasteiger partial charge >= 0.3 is 8.03 Å². The number of hydrogen-bond donors (Lipinski definition) is 0. The Morgan fingerprint density at radius 1 is 0.957 bits per heavy atom. The van der Waals surface area contributed by atoms with Crippen molar-refractivity contribution in [1.82, 2.24) is 0 Å². The molecule has 1 rings (SSSR count). The van der Waals surface area contributed by atoms with Gasteiger partial charge in [0.25, 0.3) is 0 Å². The van der Waals surface area contributed by atoms with Gasteiger partial charge in [-0.15, -0.1) is 4.52 Å². The van der Waals surface area contributed by atoms with Gasteiger partial charge in [-0.1, -0.05) is 74.4 Å². The highest BCUT2D eigenvalue weighted by molar-refractivity contribution is 7.38. The van der Waals surface area contributed by atoms with E-state index in [4.69, 9.17) is 4.74 Å². The maximum absolute atomic E-state index is 10.0. The predicted octanol–water partition coefficient (Wildman–Crippen LogP) is 6.60. The molecule has 4 nitrogen and oxygen atoms in total. The van der Waals surface area contributed by atoms with Gasteiger partial charge in [-0.05, 0) is 10.1 Å². The quantitative estimate of drug-likeness (QED) is 0.427. The molecule has 1 aromatic rings. The van der Waals surface area contributed by atoms with Gasteiger partial charge < -0.3 is 9.47 Å². The molecule has 23 heavy (non-hydrogen) atoms. The average molecular weight is 354 g/mol. The van der Waals surface area contributed by atoms with E-state index in [9.17, 15) is 4.57 Å². The van der Waals surface area contributed by atoms with Crippen molar-refractivity contribution >= 4 is 8.03 Å². The summed E-state index contributed by atoms with van der Waals surface area (Å²) in [4.78, 5) is 0. The minimum absolute atomic E-state index is 0. The van der Waals surface area contributed by atoms with Crippen LogP contribution in [0.5, 0.6) is 0 Å². The molecular weight excluding hydrogens is 311 g/mol. The van der Waals surface area contributed by atoms with Gasteiger partial charge in [0.15, 0.2) is 6.66 Å². The minimum atomic E-state index is -1.48. The van der Waals surface area contributed by atoms with Crippen molar-refractivity contribution in [1.29, 1.82) is 0 Å². The molecule has 0 saturated heterocycles. The van der Waals surface area contributed by atoms with Crippen LogP contribution in [0, 0.1) is 0 Å². The van der Waals surface area contributed by atoms with Gasteiger partial charge in [0.05, 0.1) is 6.61 Å². The van der Waals surface area contributed by atoms with Crippen molar-refractivity contribution < 1.29 is 18.6 Å². The fraction of sp³-hybridized carbons (Fsp3) is 0.667. The van der Waals surface area contributed by atoms with Crippen LogP contribution < -0.4 is 0 Å². The lowest BCUT2D eigenvalue weighted by Gasteiger charge is -2.09. The molecule has 0 aliphatic heterocycles. The first-order chi connectivity index (χ1) is 8.61. The number of ether oxygens (including phenoxy) is 2. The van der Waals surface area contributed by atoms with Crippen molar-refractivity contribution in [2.24, 2.45) is 0 Å². The topological polar surface area (TPSA) is 44.8 Å². The molecule has 0 N–H and O–H groups in total. The van der Waals surface area contributed by atoms with Crippen molar-refractivity contribution in [3.8, 4) is 0 Å². The molecular formula is C18H42O4P+. The predicted molar refractivity (Wildman–Crippen MR) is 107 cm³/mol. The van der Waals surface area contributed by atoms with E-state index in [1.807, 2.05) is 6.07 Å². The highest BCUT2D eigenvalue weighted by Crippen LogP contribution is 2.14. The van der Waals surface area contributed by atoms with Crippen molar-refractivity contribution in [2.45, 2.75) is 50.0 Å². The zero-order valence-corrected chi connectivity index (χ0v) is 12.4. The molecule has 2 atom stereocenters. The van der Waals surface area contributed by atoms with Crippen molar-refractivity contribution in [3.63, 3.8) is 0 Å². The molecule has 0 heterocycles. The molecule has 0 aliphatic rings. The number of rotatable bonds is 6. The van der Waals surface area contributed by atoms with Gasteiger partial charge in [-0.2, -0.15) is 0 Å². The van der Waals surface area contributed by atoms with Gasteiger partial charge in [0, 0.05) is 20.1 Å². The standard InChI is InChI=1S/C10H14O.C3H8O3P.5CH4/c1-9(8-11-2)10-6-4-3-5-7-10;1-5-3-6-7(2)4;;;;;/h3-7,9H,8H2,1-2H3;3H2,1-2H3;5*1H4/q;+1;;;;;. The fourth-order valence-corrected chi connectivity index (χ4v) is 1.51. The molecule has 0 saturated carbocycles. The highest BCUT2D eigenvalue weighted by atomic mass is 31.1. The summed E-state index contributed by atoms with van der Waals surface area (Å²) in [6, 6.07) is 10.4. The van der Waals surface area contributed by atoms with E-state index in [1.165, 1.54) is 19.3 Å². The molecule has 142 valence electrons. The Balaban J connectivity index is -0.0000000549. The second-order valence-corrected chi connectivity index (χ2v) is 4.88. The molecule has 0 aromatic heterocycles. The van der Waals surface area contributed by atoms with Gasteiger partial charge in [-0.25, -0.2) is 0 Å². The van der Waals surface area contributed by atoms with Crippen LogP contribution in [-0.2, 0) is 18.6 Å². The summed E-state index contributed by atoms with van der Waals surface area (Å²) in [5, 5.41) is 0. The summed E-state index contributed by atoms with van der Waals surface area (Å²) in [7, 11) is 1.74. The largest absolute Gasteiger partial charge is 0.507 e. The monoisotopic (exact) mass is 353 g/mol. The molecule has 0 fully saturated rings. The number of methoxy groups -OCH3 is 2. The third kappa shape index (κ3) is 23.6. The summed E-state index contributed by atoms with van der Waals surface area (Å²) < 4.78 is 24.0. The Bertz CT molecular complexity index is 318. The molecule has 0 aliphatic carbocycles. The average Bonchev–Trinajstić information content (AvgIpc) is 2.38. The van der Waals surface area contributed by atoms with Crippen LogP contribution in [0.25, 0.3) is 0 Å².